The normalized spacial score (nSPS) is 25.7. The first kappa shape index (κ1) is 18.6. The Balaban J connectivity index is 1.46. The molecule has 2 heterocycles. The lowest BCUT2D eigenvalue weighted by Gasteiger charge is -2.38. The highest BCUT2D eigenvalue weighted by molar-refractivity contribution is 5.28. The molecule has 1 aromatic carbocycles. The number of β-amino-alcohol motifs (C(OH)–C–C–N with tert-alkyl or cyclic N) is 1. The number of likely N-dealkylation sites (N-methyl/N-ethyl adjacent to an activating group) is 1. The molecule has 0 saturated carbocycles. The second-order valence-corrected chi connectivity index (χ2v) is 7.70. The molecule has 2 unspecified atom stereocenters. The van der Waals surface area contributed by atoms with Gasteiger partial charge in [-0.3, -0.25) is 9.80 Å². The maximum absolute atomic E-state index is 9.40. The van der Waals surface area contributed by atoms with Crippen LogP contribution in [-0.2, 0) is 6.54 Å². The smallest absolute Gasteiger partial charge is 0.119 e. The number of nitrogens with zero attached hydrogens (tertiary/aromatic N) is 2. The number of likely N-dealkylation sites (tertiary alicyclic amines) is 2. The van der Waals surface area contributed by atoms with E-state index in [9.17, 15) is 5.11 Å². The third-order valence-electron chi connectivity index (χ3n) is 5.49. The summed E-state index contributed by atoms with van der Waals surface area (Å²) >= 11 is 0. The first-order valence-electron chi connectivity index (χ1n) is 9.65. The van der Waals surface area contributed by atoms with Gasteiger partial charge in [-0.1, -0.05) is 12.1 Å². The summed E-state index contributed by atoms with van der Waals surface area (Å²) in [5, 5.41) is 12.6. The van der Waals surface area contributed by atoms with Crippen LogP contribution in [0.3, 0.4) is 0 Å². The Hall–Kier alpha value is -1.14. The Morgan fingerprint density at radius 1 is 1.24 bits per heavy atom. The highest BCUT2D eigenvalue weighted by Crippen LogP contribution is 2.23. The molecule has 2 N–H and O–H groups in total. The minimum absolute atomic E-state index is 0.140. The summed E-state index contributed by atoms with van der Waals surface area (Å²) < 4.78 is 6.12. The third kappa shape index (κ3) is 5.42. The number of rotatable bonds is 8. The van der Waals surface area contributed by atoms with Gasteiger partial charge in [0.25, 0.3) is 0 Å². The zero-order chi connectivity index (χ0) is 17.6. The van der Waals surface area contributed by atoms with Crippen molar-refractivity contribution in [2.24, 2.45) is 5.92 Å². The summed E-state index contributed by atoms with van der Waals surface area (Å²) in [7, 11) is 2.02. The van der Waals surface area contributed by atoms with E-state index >= 15 is 0 Å². The minimum Gasteiger partial charge on any atom is -0.493 e. The van der Waals surface area contributed by atoms with Gasteiger partial charge in [0.15, 0.2) is 0 Å². The van der Waals surface area contributed by atoms with E-state index in [-0.39, 0.29) is 6.10 Å². The molecule has 0 amide bonds. The molecule has 5 nitrogen and oxygen atoms in total. The first-order valence-corrected chi connectivity index (χ1v) is 9.65. The molecule has 0 bridgehead atoms. The van der Waals surface area contributed by atoms with Crippen molar-refractivity contribution in [3.8, 4) is 5.75 Å². The van der Waals surface area contributed by atoms with Crippen molar-refractivity contribution in [1.82, 2.24) is 15.1 Å². The van der Waals surface area contributed by atoms with Crippen molar-refractivity contribution in [2.45, 2.75) is 38.5 Å². The standard InChI is InChI=1S/C20H33N3O2/c1-16-6-7-18(12-23(16)9-8-21-2)15-25-20-5-3-4-17(10-20)11-22-13-19(24)14-22/h3-5,10,16,18-19,21,24H,6-9,11-15H2,1-2H3. The van der Waals surface area contributed by atoms with Crippen LogP contribution in [0, 0.1) is 5.92 Å². The molecule has 0 aromatic heterocycles. The lowest BCUT2D eigenvalue weighted by molar-refractivity contribution is -0.00289. The maximum Gasteiger partial charge on any atom is 0.119 e. The highest BCUT2D eigenvalue weighted by atomic mass is 16.5. The second kappa shape index (κ2) is 8.99. The third-order valence-corrected chi connectivity index (χ3v) is 5.49. The van der Waals surface area contributed by atoms with Gasteiger partial charge in [0.05, 0.1) is 12.7 Å². The summed E-state index contributed by atoms with van der Waals surface area (Å²) in [6, 6.07) is 9.09. The quantitative estimate of drug-likeness (QED) is 0.747. The molecule has 2 fully saturated rings. The topological polar surface area (TPSA) is 48.0 Å². The molecule has 140 valence electrons. The number of aliphatic hydroxyl groups excluding tert-OH is 1. The fraction of sp³-hybridized carbons (Fsp3) is 0.700. The molecule has 2 atom stereocenters. The van der Waals surface area contributed by atoms with E-state index in [0.29, 0.717) is 12.0 Å². The largest absolute Gasteiger partial charge is 0.493 e. The van der Waals surface area contributed by atoms with E-state index in [4.69, 9.17) is 4.74 Å². The van der Waals surface area contributed by atoms with E-state index < -0.39 is 0 Å². The lowest BCUT2D eigenvalue weighted by Crippen LogP contribution is -2.49. The highest BCUT2D eigenvalue weighted by Gasteiger charge is 2.26. The van der Waals surface area contributed by atoms with Crippen LogP contribution in [0.2, 0.25) is 0 Å². The Labute approximate surface area is 152 Å². The molecule has 2 saturated heterocycles. The Morgan fingerprint density at radius 2 is 2.08 bits per heavy atom. The van der Waals surface area contributed by atoms with Crippen LogP contribution in [0.4, 0.5) is 0 Å². The van der Waals surface area contributed by atoms with Crippen molar-refractivity contribution < 1.29 is 9.84 Å². The van der Waals surface area contributed by atoms with Gasteiger partial charge in [-0.25, -0.2) is 0 Å². The van der Waals surface area contributed by atoms with Gasteiger partial charge >= 0.3 is 0 Å². The number of piperidine rings is 1. The van der Waals surface area contributed by atoms with Gasteiger partial charge in [0.2, 0.25) is 0 Å². The van der Waals surface area contributed by atoms with Crippen LogP contribution < -0.4 is 10.1 Å². The number of hydrogen-bond donors (Lipinski definition) is 2. The fourth-order valence-electron chi connectivity index (χ4n) is 3.84. The van der Waals surface area contributed by atoms with E-state index in [1.807, 2.05) is 7.05 Å². The average Bonchev–Trinajstić information content (AvgIpc) is 2.59. The minimum atomic E-state index is -0.140. The Morgan fingerprint density at radius 3 is 2.84 bits per heavy atom. The average molecular weight is 348 g/mol. The van der Waals surface area contributed by atoms with Crippen molar-refractivity contribution in [3.63, 3.8) is 0 Å². The van der Waals surface area contributed by atoms with Crippen molar-refractivity contribution in [2.75, 3.05) is 46.4 Å². The first-order chi connectivity index (χ1) is 12.1. The molecular weight excluding hydrogens is 314 g/mol. The molecular formula is C20H33N3O2. The van der Waals surface area contributed by atoms with Crippen molar-refractivity contribution in [3.05, 3.63) is 29.8 Å². The van der Waals surface area contributed by atoms with Crippen molar-refractivity contribution >= 4 is 0 Å². The molecule has 0 aliphatic carbocycles. The summed E-state index contributed by atoms with van der Waals surface area (Å²) in [6.07, 6.45) is 2.37. The molecule has 3 rings (SSSR count). The van der Waals surface area contributed by atoms with Gasteiger partial charge in [0, 0.05) is 51.2 Å². The number of ether oxygens (including phenoxy) is 1. The zero-order valence-corrected chi connectivity index (χ0v) is 15.7. The monoisotopic (exact) mass is 347 g/mol. The molecule has 2 aliphatic rings. The molecule has 0 spiro atoms. The molecule has 25 heavy (non-hydrogen) atoms. The Bertz CT molecular complexity index is 533. The van der Waals surface area contributed by atoms with Crippen molar-refractivity contribution in [1.29, 1.82) is 0 Å². The van der Waals surface area contributed by atoms with Crippen LogP contribution >= 0.6 is 0 Å². The molecule has 2 aliphatic heterocycles. The van der Waals surface area contributed by atoms with Crippen LogP contribution in [-0.4, -0.2) is 73.4 Å². The van der Waals surface area contributed by atoms with E-state index in [0.717, 1.165) is 51.6 Å². The van der Waals surface area contributed by atoms with E-state index in [1.165, 1.54) is 18.4 Å². The van der Waals surface area contributed by atoms with Gasteiger partial charge in [-0.05, 0) is 44.5 Å². The number of nitrogens with one attached hydrogen (secondary N) is 1. The summed E-state index contributed by atoms with van der Waals surface area (Å²) in [6.45, 7) is 8.90. The molecule has 0 radical (unpaired) electrons. The summed E-state index contributed by atoms with van der Waals surface area (Å²) in [5.41, 5.74) is 1.26. The fourth-order valence-corrected chi connectivity index (χ4v) is 3.84. The summed E-state index contributed by atoms with van der Waals surface area (Å²) in [4.78, 5) is 4.84. The van der Waals surface area contributed by atoms with Gasteiger partial charge < -0.3 is 15.2 Å². The number of aliphatic hydroxyl groups is 1. The van der Waals surface area contributed by atoms with Gasteiger partial charge in [0.1, 0.15) is 5.75 Å². The van der Waals surface area contributed by atoms with Gasteiger partial charge in [-0.2, -0.15) is 0 Å². The van der Waals surface area contributed by atoms with Gasteiger partial charge in [-0.15, -0.1) is 0 Å². The molecule has 1 aromatic rings. The lowest BCUT2D eigenvalue weighted by atomic mass is 9.94. The predicted molar refractivity (Wildman–Crippen MR) is 101 cm³/mol. The maximum atomic E-state index is 9.40. The van der Waals surface area contributed by atoms with Crippen LogP contribution in [0.15, 0.2) is 24.3 Å². The van der Waals surface area contributed by atoms with E-state index in [1.54, 1.807) is 0 Å². The summed E-state index contributed by atoms with van der Waals surface area (Å²) in [5.74, 6) is 1.58. The Kier molecular flexibility index (Phi) is 6.70. The number of hydrogen-bond acceptors (Lipinski definition) is 5. The van der Waals surface area contributed by atoms with Crippen LogP contribution in [0.5, 0.6) is 5.75 Å². The van der Waals surface area contributed by atoms with E-state index in [2.05, 4.69) is 46.3 Å². The number of benzene rings is 1. The van der Waals surface area contributed by atoms with Crippen LogP contribution in [0.25, 0.3) is 0 Å². The molecule has 5 heteroatoms. The predicted octanol–water partition coefficient (Wildman–Crippen LogP) is 1.56. The SMILES string of the molecule is CNCCN1CC(COc2cccc(CN3CC(O)C3)c2)CCC1C. The second-order valence-electron chi connectivity index (χ2n) is 7.70. The zero-order valence-electron chi connectivity index (χ0n) is 15.7. The van der Waals surface area contributed by atoms with Crippen LogP contribution in [0.1, 0.15) is 25.3 Å².